The van der Waals surface area contributed by atoms with E-state index in [9.17, 15) is 4.39 Å². The Hall–Kier alpha value is -2.44. The van der Waals surface area contributed by atoms with Crippen molar-refractivity contribution in [1.29, 1.82) is 0 Å². The summed E-state index contributed by atoms with van der Waals surface area (Å²) in [6, 6.07) is 6.76. The Kier molecular flexibility index (Phi) is 5.88. The number of halogens is 1. The second kappa shape index (κ2) is 8.11. The van der Waals surface area contributed by atoms with Crippen LogP contribution >= 0.6 is 0 Å². The lowest BCUT2D eigenvalue weighted by Crippen LogP contribution is -2.38. The summed E-state index contributed by atoms with van der Waals surface area (Å²) >= 11 is 0. The fourth-order valence-corrected chi connectivity index (χ4v) is 1.91. The van der Waals surface area contributed by atoms with Crippen molar-refractivity contribution in [2.75, 3.05) is 13.1 Å². The van der Waals surface area contributed by atoms with Crippen LogP contribution in [-0.2, 0) is 13.0 Å². The molecule has 0 saturated heterocycles. The Morgan fingerprint density at radius 3 is 2.82 bits per heavy atom. The van der Waals surface area contributed by atoms with Crippen molar-refractivity contribution in [2.24, 2.45) is 4.99 Å². The van der Waals surface area contributed by atoms with Gasteiger partial charge in [-0.3, -0.25) is 0 Å². The van der Waals surface area contributed by atoms with Gasteiger partial charge in [-0.05, 0) is 25.0 Å². The molecule has 1 aromatic heterocycles. The summed E-state index contributed by atoms with van der Waals surface area (Å²) in [6.07, 6.45) is 0.582. The maximum absolute atomic E-state index is 13.5. The second-order valence-corrected chi connectivity index (χ2v) is 4.69. The number of aromatic nitrogens is 2. The number of hydrogen-bond donors (Lipinski definition) is 2. The first kappa shape index (κ1) is 15.9. The van der Waals surface area contributed by atoms with Gasteiger partial charge < -0.3 is 15.2 Å². The van der Waals surface area contributed by atoms with Crippen molar-refractivity contribution in [3.05, 3.63) is 47.4 Å². The summed E-state index contributed by atoms with van der Waals surface area (Å²) in [4.78, 5) is 8.46. The Morgan fingerprint density at radius 2 is 2.14 bits per heavy atom. The van der Waals surface area contributed by atoms with Crippen LogP contribution in [0, 0.1) is 12.7 Å². The molecule has 0 spiro atoms. The molecule has 1 heterocycles. The molecule has 118 valence electrons. The first-order chi connectivity index (χ1) is 10.7. The van der Waals surface area contributed by atoms with Gasteiger partial charge in [0.2, 0.25) is 5.89 Å². The Labute approximate surface area is 128 Å². The van der Waals surface area contributed by atoms with Gasteiger partial charge in [0.05, 0.1) is 0 Å². The number of benzene rings is 1. The highest BCUT2D eigenvalue weighted by atomic mass is 19.1. The van der Waals surface area contributed by atoms with E-state index in [-0.39, 0.29) is 5.82 Å². The van der Waals surface area contributed by atoms with Crippen LogP contribution in [0.15, 0.2) is 33.8 Å². The molecule has 22 heavy (non-hydrogen) atoms. The molecule has 6 nitrogen and oxygen atoms in total. The molecule has 0 aliphatic carbocycles. The molecular formula is C15H20FN5O. The Bertz CT molecular complexity index is 626. The lowest BCUT2D eigenvalue weighted by molar-refractivity contribution is 0.387. The summed E-state index contributed by atoms with van der Waals surface area (Å²) in [7, 11) is 0. The van der Waals surface area contributed by atoms with Crippen LogP contribution in [0.5, 0.6) is 0 Å². The monoisotopic (exact) mass is 305 g/mol. The van der Waals surface area contributed by atoms with E-state index in [2.05, 4.69) is 25.8 Å². The fraction of sp³-hybridized carbons (Fsp3) is 0.400. The van der Waals surface area contributed by atoms with Crippen molar-refractivity contribution in [2.45, 2.75) is 26.8 Å². The molecule has 2 aromatic rings. The maximum Gasteiger partial charge on any atom is 0.223 e. The first-order valence-corrected chi connectivity index (χ1v) is 7.24. The summed E-state index contributed by atoms with van der Waals surface area (Å²) < 4.78 is 18.4. The van der Waals surface area contributed by atoms with E-state index in [4.69, 9.17) is 4.52 Å². The number of guanidine groups is 1. The lowest BCUT2D eigenvalue weighted by Gasteiger charge is -2.11. The van der Waals surface area contributed by atoms with Gasteiger partial charge in [-0.15, -0.1) is 0 Å². The summed E-state index contributed by atoms with van der Waals surface area (Å²) in [6.45, 7) is 5.35. The van der Waals surface area contributed by atoms with Crippen LogP contribution in [-0.4, -0.2) is 29.2 Å². The van der Waals surface area contributed by atoms with Gasteiger partial charge in [0.15, 0.2) is 11.8 Å². The standard InChI is InChI=1S/C15H20FN5O/c1-3-17-15(19-10-14-20-11(2)22-21-14)18-9-8-12-6-4-5-7-13(12)16/h4-7H,3,8-10H2,1-2H3,(H2,17,18,19). The third-order valence-corrected chi connectivity index (χ3v) is 2.94. The summed E-state index contributed by atoms with van der Waals surface area (Å²) in [5.74, 6) is 1.50. The SMILES string of the molecule is CCNC(=NCc1noc(C)n1)NCCc1ccccc1F. The molecule has 0 aliphatic heterocycles. The quantitative estimate of drug-likeness (QED) is 0.629. The minimum absolute atomic E-state index is 0.187. The highest BCUT2D eigenvalue weighted by Gasteiger charge is 2.04. The molecule has 2 rings (SSSR count). The molecule has 2 N–H and O–H groups in total. The number of nitrogens with one attached hydrogen (secondary N) is 2. The molecule has 0 fully saturated rings. The van der Waals surface area contributed by atoms with Gasteiger partial charge >= 0.3 is 0 Å². The zero-order chi connectivity index (χ0) is 15.8. The van der Waals surface area contributed by atoms with E-state index in [1.54, 1.807) is 19.1 Å². The smallest absolute Gasteiger partial charge is 0.223 e. The van der Waals surface area contributed by atoms with Gasteiger partial charge in [-0.1, -0.05) is 23.4 Å². The predicted molar refractivity (Wildman–Crippen MR) is 82.0 cm³/mol. The van der Waals surface area contributed by atoms with Gasteiger partial charge in [-0.2, -0.15) is 4.98 Å². The predicted octanol–water partition coefficient (Wildman–Crippen LogP) is 1.81. The van der Waals surface area contributed by atoms with E-state index >= 15 is 0 Å². The molecular weight excluding hydrogens is 285 g/mol. The molecule has 0 bridgehead atoms. The average molecular weight is 305 g/mol. The van der Waals surface area contributed by atoms with Crippen molar-refractivity contribution in [3.63, 3.8) is 0 Å². The highest BCUT2D eigenvalue weighted by molar-refractivity contribution is 5.79. The van der Waals surface area contributed by atoms with E-state index in [0.717, 1.165) is 6.54 Å². The molecule has 0 amide bonds. The second-order valence-electron chi connectivity index (χ2n) is 4.69. The van der Waals surface area contributed by atoms with Crippen molar-refractivity contribution < 1.29 is 8.91 Å². The van der Waals surface area contributed by atoms with Crippen LogP contribution in [0.2, 0.25) is 0 Å². The molecule has 7 heteroatoms. The van der Waals surface area contributed by atoms with Crippen LogP contribution in [0.1, 0.15) is 24.2 Å². The highest BCUT2D eigenvalue weighted by Crippen LogP contribution is 2.06. The van der Waals surface area contributed by atoms with E-state index < -0.39 is 0 Å². The minimum atomic E-state index is -0.187. The third-order valence-electron chi connectivity index (χ3n) is 2.94. The molecule has 0 aliphatic rings. The molecule has 0 atom stereocenters. The average Bonchev–Trinajstić information content (AvgIpc) is 2.92. The van der Waals surface area contributed by atoms with Crippen molar-refractivity contribution in [1.82, 2.24) is 20.8 Å². The van der Waals surface area contributed by atoms with E-state index in [0.29, 0.717) is 42.7 Å². The normalized spacial score (nSPS) is 11.5. The lowest BCUT2D eigenvalue weighted by atomic mass is 10.1. The molecule has 0 radical (unpaired) electrons. The van der Waals surface area contributed by atoms with Crippen LogP contribution in [0.4, 0.5) is 4.39 Å². The van der Waals surface area contributed by atoms with Gasteiger partial charge in [0.1, 0.15) is 12.4 Å². The van der Waals surface area contributed by atoms with E-state index in [1.807, 2.05) is 13.0 Å². The summed E-state index contributed by atoms with van der Waals surface area (Å²) in [5.41, 5.74) is 0.680. The number of nitrogens with zero attached hydrogens (tertiary/aromatic N) is 3. The largest absolute Gasteiger partial charge is 0.357 e. The number of rotatable bonds is 6. The Morgan fingerprint density at radius 1 is 1.32 bits per heavy atom. The zero-order valence-corrected chi connectivity index (χ0v) is 12.8. The maximum atomic E-state index is 13.5. The topological polar surface area (TPSA) is 75.3 Å². The van der Waals surface area contributed by atoms with Crippen LogP contribution < -0.4 is 10.6 Å². The van der Waals surface area contributed by atoms with Gasteiger partial charge in [-0.25, -0.2) is 9.38 Å². The van der Waals surface area contributed by atoms with Gasteiger partial charge in [0.25, 0.3) is 0 Å². The van der Waals surface area contributed by atoms with Crippen LogP contribution in [0.25, 0.3) is 0 Å². The first-order valence-electron chi connectivity index (χ1n) is 7.24. The van der Waals surface area contributed by atoms with Crippen LogP contribution in [0.3, 0.4) is 0 Å². The van der Waals surface area contributed by atoms with Gasteiger partial charge in [0, 0.05) is 20.0 Å². The summed E-state index contributed by atoms with van der Waals surface area (Å²) in [5, 5.41) is 10.1. The minimum Gasteiger partial charge on any atom is -0.357 e. The number of aliphatic imine (C=N–C) groups is 1. The molecule has 0 unspecified atom stereocenters. The molecule has 1 aromatic carbocycles. The van der Waals surface area contributed by atoms with Crippen molar-refractivity contribution in [3.8, 4) is 0 Å². The Balaban J connectivity index is 1.87. The third kappa shape index (κ3) is 4.83. The fourth-order valence-electron chi connectivity index (χ4n) is 1.91. The zero-order valence-electron chi connectivity index (χ0n) is 12.8. The van der Waals surface area contributed by atoms with E-state index in [1.165, 1.54) is 6.07 Å². The molecule has 0 saturated carbocycles. The number of aryl methyl sites for hydroxylation is 1. The van der Waals surface area contributed by atoms with Crippen molar-refractivity contribution >= 4 is 5.96 Å². The number of hydrogen-bond acceptors (Lipinski definition) is 4.